The molecule has 0 aliphatic carbocycles. The molecule has 1 aromatic heterocycles. The van der Waals surface area contributed by atoms with Crippen molar-refractivity contribution in [3.63, 3.8) is 0 Å². The summed E-state index contributed by atoms with van der Waals surface area (Å²) in [5.41, 5.74) is -0.329. The largest absolute Gasteiger partial charge is 0.491 e. The molecule has 6 nitrogen and oxygen atoms in total. The van der Waals surface area contributed by atoms with Gasteiger partial charge in [0.15, 0.2) is 0 Å². The van der Waals surface area contributed by atoms with Gasteiger partial charge in [0.25, 0.3) is 0 Å². The Morgan fingerprint density at radius 3 is 2.81 bits per heavy atom. The number of hydrogen-bond donors (Lipinski definition) is 1. The SMILES string of the molecule is C[C@H](COc1ccccc1)n1nn[nH]c1=O. The van der Waals surface area contributed by atoms with E-state index in [1.54, 1.807) is 0 Å². The molecule has 0 bridgehead atoms. The Bertz CT molecular complexity index is 491. The molecule has 0 aliphatic heterocycles. The van der Waals surface area contributed by atoms with Crippen LogP contribution >= 0.6 is 0 Å². The van der Waals surface area contributed by atoms with Crippen molar-refractivity contribution in [2.75, 3.05) is 6.61 Å². The molecule has 2 aromatic rings. The quantitative estimate of drug-likeness (QED) is 0.819. The van der Waals surface area contributed by atoms with Crippen LogP contribution in [0.2, 0.25) is 0 Å². The Morgan fingerprint density at radius 2 is 2.19 bits per heavy atom. The van der Waals surface area contributed by atoms with Crippen LogP contribution in [0.5, 0.6) is 5.75 Å². The average Bonchev–Trinajstić information content (AvgIpc) is 2.74. The van der Waals surface area contributed by atoms with Crippen molar-refractivity contribution in [3.8, 4) is 5.75 Å². The zero-order chi connectivity index (χ0) is 11.4. The maximum Gasteiger partial charge on any atom is 0.361 e. The second kappa shape index (κ2) is 4.61. The molecule has 0 radical (unpaired) electrons. The van der Waals surface area contributed by atoms with Crippen LogP contribution in [0.1, 0.15) is 13.0 Å². The Morgan fingerprint density at radius 1 is 1.44 bits per heavy atom. The Kier molecular flexibility index (Phi) is 3.00. The van der Waals surface area contributed by atoms with E-state index < -0.39 is 0 Å². The lowest BCUT2D eigenvalue weighted by molar-refractivity contribution is 0.246. The van der Waals surface area contributed by atoms with E-state index in [0.29, 0.717) is 6.61 Å². The third-order valence-electron chi connectivity index (χ3n) is 2.15. The van der Waals surface area contributed by atoms with Crippen LogP contribution in [-0.2, 0) is 0 Å². The van der Waals surface area contributed by atoms with Gasteiger partial charge in [-0.3, -0.25) is 0 Å². The highest BCUT2D eigenvalue weighted by molar-refractivity contribution is 5.20. The Balaban J connectivity index is 1.97. The first-order valence-electron chi connectivity index (χ1n) is 4.95. The maximum absolute atomic E-state index is 11.2. The number of aromatic nitrogens is 4. The van der Waals surface area contributed by atoms with Crippen LogP contribution in [0, 0.1) is 0 Å². The average molecular weight is 220 g/mol. The van der Waals surface area contributed by atoms with Crippen molar-refractivity contribution in [3.05, 3.63) is 40.8 Å². The number of tetrazole rings is 1. The topological polar surface area (TPSA) is 72.8 Å². The molecule has 1 heterocycles. The van der Waals surface area contributed by atoms with E-state index in [4.69, 9.17) is 4.74 Å². The minimum Gasteiger partial charge on any atom is -0.491 e. The number of nitrogens with one attached hydrogen (secondary N) is 1. The van der Waals surface area contributed by atoms with Crippen LogP contribution < -0.4 is 10.4 Å². The van der Waals surface area contributed by atoms with Gasteiger partial charge in [-0.2, -0.15) is 4.68 Å². The Hall–Kier alpha value is -2.11. The lowest BCUT2D eigenvalue weighted by Crippen LogP contribution is -2.25. The summed E-state index contributed by atoms with van der Waals surface area (Å²) in [6.45, 7) is 2.21. The van der Waals surface area contributed by atoms with Crippen molar-refractivity contribution in [2.45, 2.75) is 13.0 Å². The molecule has 84 valence electrons. The molecule has 0 spiro atoms. The zero-order valence-electron chi connectivity index (χ0n) is 8.83. The second-order valence-corrected chi connectivity index (χ2v) is 3.42. The van der Waals surface area contributed by atoms with E-state index in [2.05, 4.69) is 15.5 Å². The zero-order valence-corrected chi connectivity index (χ0v) is 8.83. The number of aromatic amines is 1. The van der Waals surface area contributed by atoms with E-state index in [-0.39, 0.29) is 11.7 Å². The first-order chi connectivity index (χ1) is 7.77. The van der Waals surface area contributed by atoms with Gasteiger partial charge in [0, 0.05) is 0 Å². The maximum atomic E-state index is 11.2. The van der Waals surface area contributed by atoms with Crippen LogP contribution in [-0.4, -0.2) is 26.8 Å². The highest BCUT2D eigenvalue weighted by Crippen LogP contribution is 2.10. The molecule has 0 unspecified atom stereocenters. The highest BCUT2D eigenvalue weighted by atomic mass is 16.5. The normalized spacial score (nSPS) is 12.3. The first kappa shape index (κ1) is 10.4. The summed E-state index contributed by atoms with van der Waals surface area (Å²) in [4.78, 5) is 11.2. The molecule has 0 aliphatic rings. The summed E-state index contributed by atoms with van der Waals surface area (Å²) in [6.07, 6.45) is 0. The fourth-order valence-corrected chi connectivity index (χ4v) is 1.30. The molecule has 0 fully saturated rings. The van der Waals surface area contributed by atoms with Gasteiger partial charge in [0.1, 0.15) is 12.4 Å². The van der Waals surface area contributed by atoms with Gasteiger partial charge in [-0.1, -0.05) is 18.2 Å². The summed E-state index contributed by atoms with van der Waals surface area (Å²) in [5.74, 6) is 0.769. The van der Waals surface area contributed by atoms with Crippen LogP contribution in [0.25, 0.3) is 0 Å². The van der Waals surface area contributed by atoms with E-state index >= 15 is 0 Å². The molecule has 2 rings (SSSR count). The van der Waals surface area contributed by atoms with Gasteiger partial charge < -0.3 is 4.74 Å². The van der Waals surface area contributed by atoms with Gasteiger partial charge >= 0.3 is 5.69 Å². The van der Waals surface area contributed by atoms with Crippen molar-refractivity contribution >= 4 is 0 Å². The van der Waals surface area contributed by atoms with Crippen molar-refractivity contribution in [2.24, 2.45) is 0 Å². The van der Waals surface area contributed by atoms with Gasteiger partial charge in [-0.05, 0) is 29.5 Å². The van der Waals surface area contributed by atoms with Crippen LogP contribution in [0.4, 0.5) is 0 Å². The molecule has 0 saturated heterocycles. The van der Waals surface area contributed by atoms with E-state index in [1.165, 1.54) is 4.68 Å². The first-order valence-corrected chi connectivity index (χ1v) is 4.95. The summed E-state index contributed by atoms with van der Waals surface area (Å²) in [6, 6.07) is 9.26. The van der Waals surface area contributed by atoms with Crippen molar-refractivity contribution in [1.29, 1.82) is 0 Å². The molecule has 1 N–H and O–H groups in total. The van der Waals surface area contributed by atoms with Gasteiger partial charge in [-0.25, -0.2) is 9.89 Å². The number of nitrogens with zero attached hydrogens (tertiary/aromatic N) is 3. The number of para-hydroxylation sites is 1. The molecule has 0 amide bonds. The second-order valence-electron chi connectivity index (χ2n) is 3.42. The molecule has 0 saturated carbocycles. The fourth-order valence-electron chi connectivity index (χ4n) is 1.30. The summed E-state index contributed by atoms with van der Waals surface area (Å²) >= 11 is 0. The summed E-state index contributed by atoms with van der Waals surface area (Å²) in [5, 5.41) is 9.30. The summed E-state index contributed by atoms with van der Waals surface area (Å²) < 4.78 is 6.76. The number of hydrogen-bond acceptors (Lipinski definition) is 4. The minimum absolute atomic E-state index is 0.161. The Labute approximate surface area is 91.8 Å². The van der Waals surface area contributed by atoms with Crippen LogP contribution in [0.15, 0.2) is 35.1 Å². The van der Waals surface area contributed by atoms with Gasteiger partial charge in [0.05, 0.1) is 6.04 Å². The van der Waals surface area contributed by atoms with Gasteiger partial charge in [0.2, 0.25) is 0 Å². The monoisotopic (exact) mass is 220 g/mol. The van der Waals surface area contributed by atoms with E-state index in [0.717, 1.165) is 5.75 Å². The number of rotatable bonds is 4. The minimum atomic E-state index is -0.329. The predicted molar refractivity (Wildman–Crippen MR) is 57.3 cm³/mol. The lowest BCUT2D eigenvalue weighted by Gasteiger charge is -2.11. The molecule has 16 heavy (non-hydrogen) atoms. The van der Waals surface area contributed by atoms with E-state index in [9.17, 15) is 4.79 Å². The predicted octanol–water partition coefficient (Wildman–Crippen LogP) is 0.606. The fraction of sp³-hybridized carbons (Fsp3) is 0.300. The number of H-pyrrole nitrogens is 1. The van der Waals surface area contributed by atoms with E-state index in [1.807, 2.05) is 37.3 Å². The standard InChI is InChI=1S/C10H12N4O2/c1-8(14-10(15)11-12-13-14)7-16-9-5-3-2-4-6-9/h2-6,8H,7H2,1H3,(H,11,13,15)/t8-/m1/s1. The third-order valence-corrected chi connectivity index (χ3v) is 2.15. The summed E-state index contributed by atoms with van der Waals surface area (Å²) in [7, 11) is 0. The lowest BCUT2D eigenvalue weighted by atomic mass is 10.3. The van der Waals surface area contributed by atoms with Crippen molar-refractivity contribution < 1.29 is 4.74 Å². The molecular formula is C10H12N4O2. The third kappa shape index (κ3) is 2.28. The highest BCUT2D eigenvalue weighted by Gasteiger charge is 2.09. The molecule has 1 atom stereocenters. The van der Waals surface area contributed by atoms with Gasteiger partial charge in [-0.15, -0.1) is 0 Å². The number of ether oxygens (including phenoxy) is 1. The molecule has 6 heteroatoms. The number of benzene rings is 1. The molecule has 1 aromatic carbocycles. The van der Waals surface area contributed by atoms with Crippen LogP contribution in [0.3, 0.4) is 0 Å². The van der Waals surface area contributed by atoms with Crippen molar-refractivity contribution in [1.82, 2.24) is 20.2 Å². The smallest absolute Gasteiger partial charge is 0.361 e. The molecular weight excluding hydrogens is 208 g/mol.